The number of carbonyl (C=O) groups is 1. The van der Waals surface area contributed by atoms with Crippen LogP contribution < -0.4 is 5.32 Å². The Kier molecular flexibility index (Phi) is 5.24. The van der Waals surface area contributed by atoms with Gasteiger partial charge < -0.3 is 5.32 Å². The smallest absolute Gasteiger partial charge is 0.221 e. The van der Waals surface area contributed by atoms with Gasteiger partial charge in [0.2, 0.25) is 5.91 Å². The summed E-state index contributed by atoms with van der Waals surface area (Å²) < 4.78 is 17.3. The van der Waals surface area contributed by atoms with Crippen molar-refractivity contribution in [2.24, 2.45) is 7.05 Å². The molecule has 0 saturated carbocycles. The van der Waals surface area contributed by atoms with Crippen molar-refractivity contribution < 1.29 is 9.18 Å². The van der Waals surface area contributed by atoms with Crippen molar-refractivity contribution in [2.45, 2.75) is 38.1 Å². The van der Waals surface area contributed by atoms with Gasteiger partial charge in [-0.25, -0.2) is 4.39 Å². The fourth-order valence-corrected chi connectivity index (χ4v) is 3.09. The maximum atomic E-state index is 13.8. The number of aromatic nitrogens is 4. The molecule has 130 valence electrons. The summed E-state index contributed by atoms with van der Waals surface area (Å²) in [5.41, 5.74) is 1.06. The number of hydrogen-bond acceptors (Lipinski definition) is 4. The van der Waals surface area contributed by atoms with Gasteiger partial charge in [-0.3, -0.25) is 19.1 Å². The topological polar surface area (TPSA) is 68.0 Å². The van der Waals surface area contributed by atoms with E-state index in [4.69, 9.17) is 0 Å². The van der Waals surface area contributed by atoms with Gasteiger partial charge >= 0.3 is 0 Å². The third-order valence-electron chi connectivity index (χ3n) is 4.28. The molecule has 7 nitrogen and oxygen atoms in total. The molecule has 8 heteroatoms. The highest BCUT2D eigenvalue weighted by Crippen LogP contribution is 2.22. The van der Waals surface area contributed by atoms with Gasteiger partial charge in [-0.2, -0.15) is 10.2 Å². The van der Waals surface area contributed by atoms with Crippen LogP contribution in [0, 0.1) is 0 Å². The molecule has 1 saturated heterocycles. The number of hydrogen-bond donors (Lipinski definition) is 1. The van der Waals surface area contributed by atoms with Gasteiger partial charge in [0.1, 0.15) is 6.17 Å². The Labute approximate surface area is 140 Å². The summed E-state index contributed by atoms with van der Waals surface area (Å²) in [6.07, 6.45) is 7.24. The minimum absolute atomic E-state index is 0.0221. The summed E-state index contributed by atoms with van der Waals surface area (Å²) in [7, 11) is 1.86. The molecule has 2 aromatic rings. The number of aryl methyl sites for hydroxylation is 2. The van der Waals surface area contributed by atoms with E-state index < -0.39 is 6.17 Å². The standard InChI is InChI=1S/C16H23FN6O/c1-21-10-13(8-20-21)11-22-12-14(17)7-15(22)9-18-16(24)3-6-23-5-2-4-19-23/h2,4-5,8,10,14-15H,3,6-7,9,11-12H2,1H3,(H,18,24)/t14-,15-/m0/s1. The second-order valence-corrected chi connectivity index (χ2v) is 6.26. The average molecular weight is 334 g/mol. The highest BCUT2D eigenvalue weighted by Gasteiger charge is 2.32. The summed E-state index contributed by atoms with van der Waals surface area (Å²) in [5.74, 6) is -0.0332. The highest BCUT2D eigenvalue weighted by molar-refractivity contribution is 5.75. The number of halogens is 1. The Bertz CT molecular complexity index is 655. The fraction of sp³-hybridized carbons (Fsp3) is 0.562. The molecule has 0 radical (unpaired) electrons. The van der Waals surface area contributed by atoms with Gasteiger partial charge in [-0.15, -0.1) is 0 Å². The van der Waals surface area contributed by atoms with E-state index in [2.05, 4.69) is 20.4 Å². The zero-order valence-corrected chi connectivity index (χ0v) is 13.8. The van der Waals surface area contributed by atoms with Crippen LogP contribution in [0.1, 0.15) is 18.4 Å². The number of rotatable bonds is 7. The van der Waals surface area contributed by atoms with Crippen molar-refractivity contribution in [1.29, 1.82) is 0 Å². The van der Waals surface area contributed by atoms with E-state index in [1.54, 1.807) is 21.8 Å². The lowest BCUT2D eigenvalue weighted by Crippen LogP contribution is -2.40. The Hall–Kier alpha value is -2.22. The minimum atomic E-state index is -0.840. The molecule has 0 bridgehead atoms. The second kappa shape index (κ2) is 7.57. The molecule has 3 rings (SSSR count). The lowest BCUT2D eigenvalue weighted by molar-refractivity contribution is -0.121. The van der Waals surface area contributed by atoms with Crippen LogP contribution in [-0.4, -0.2) is 55.7 Å². The van der Waals surface area contributed by atoms with E-state index in [9.17, 15) is 9.18 Å². The molecule has 2 aromatic heterocycles. The number of carbonyl (C=O) groups excluding carboxylic acids is 1. The molecule has 1 amide bonds. The zero-order valence-electron chi connectivity index (χ0n) is 13.8. The Morgan fingerprint density at radius 1 is 1.46 bits per heavy atom. The third kappa shape index (κ3) is 4.41. The fourth-order valence-electron chi connectivity index (χ4n) is 3.09. The molecule has 0 spiro atoms. The first-order valence-electron chi connectivity index (χ1n) is 8.20. The summed E-state index contributed by atoms with van der Waals surface area (Å²) in [5, 5.41) is 11.1. The molecule has 0 aromatic carbocycles. The van der Waals surface area contributed by atoms with E-state index in [0.29, 0.717) is 39.0 Å². The third-order valence-corrected chi connectivity index (χ3v) is 4.28. The minimum Gasteiger partial charge on any atom is -0.354 e. The van der Waals surface area contributed by atoms with Gasteiger partial charge in [0, 0.05) is 69.8 Å². The maximum Gasteiger partial charge on any atom is 0.221 e. The summed E-state index contributed by atoms with van der Waals surface area (Å²) in [4.78, 5) is 14.0. The van der Waals surface area contributed by atoms with Crippen molar-refractivity contribution in [3.05, 3.63) is 36.4 Å². The largest absolute Gasteiger partial charge is 0.354 e. The van der Waals surface area contributed by atoms with Gasteiger partial charge in [-0.05, 0) is 12.5 Å². The van der Waals surface area contributed by atoms with Crippen molar-refractivity contribution >= 4 is 5.91 Å². The lowest BCUT2D eigenvalue weighted by Gasteiger charge is -2.23. The molecule has 1 N–H and O–H groups in total. The number of nitrogens with one attached hydrogen (secondary N) is 1. The Balaban J connectivity index is 1.46. The number of alkyl halides is 1. The number of nitrogens with zero attached hydrogens (tertiary/aromatic N) is 5. The number of likely N-dealkylation sites (tertiary alicyclic amines) is 1. The van der Waals surface area contributed by atoms with E-state index in [1.807, 2.05) is 25.5 Å². The second-order valence-electron chi connectivity index (χ2n) is 6.26. The molecular formula is C16H23FN6O. The Morgan fingerprint density at radius 3 is 3.04 bits per heavy atom. The monoisotopic (exact) mass is 334 g/mol. The van der Waals surface area contributed by atoms with Gasteiger partial charge in [-0.1, -0.05) is 0 Å². The van der Waals surface area contributed by atoms with Crippen LogP contribution in [0.2, 0.25) is 0 Å². The predicted molar refractivity (Wildman–Crippen MR) is 86.8 cm³/mol. The molecule has 24 heavy (non-hydrogen) atoms. The Morgan fingerprint density at radius 2 is 2.33 bits per heavy atom. The summed E-state index contributed by atoms with van der Waals surface area (Å²) in [6.45, 7) is 2.08. The highest BCUT2D eigenvalue weighted by atomic mass is 19.1. The lowest BCUT2D eigenvalue weighted by atomic mass is 10.2. The average Bonchev–Trinajstić information content (AvgIpc) is 3.26. The number of amides is 1. The normalized spacial score (nSPS) is 21.2. The maximum absolute atomic E-state index is 13.8. The quantitative estimate of drug-likeness (QED) is 0.811. The van der Waals surface area contributed by atoms with E-state index >= 15 is 0 Å². The molecule has 1 aliphatic rings. The molecule has 1 fully saturated rings. The van der Waals surface area contributed by atoms with Crippen LogP contribution in [0.25, 0.3) is 0 Å². The van der Waals surface area contributed by atoms with Crippen molar-refractivity contribution in [3.63, 3.8) is 0 Å². The van der Waals surface area contributed by atoms with Crippen LogP contribution in [0.15, 0.2) is 30.9 Å². The van der Waals surface area contributed by atoms with Crippen LogP contribution in [-0.2, 0) is 24.9 Å². The van der Waals surface area contributed by atoms with Crippen LogP contribution in [0.3, 0.4) is 0 Å². The van der Waals surface area contributed by atoms with Crippen LogP contribution in [0.5, 0.6) is 0 Å². The van der Waals surface area contributed by atoms with E-state index in [1.165, 1.54) is 0 Å². The van der Waals surface area contributed by atoms with Crippen LogP contribution >= 0.6 is 0 Å². The van der Waals surface area contributed by atoms with Gasteiger partial charge in [0.05, 0.1) is 6.20 Å². The van der Waals surface area contributed by atoms with E-state index in [0.717, 1.165) is 5.56 Å². The predicted octanol–water partition coefficient (Wildman–Crippen LogP) is 0.735. The molecular weight excluding hydrogens is 311 g/mol. The van der Waals surface area contributed by atoms with Crippen molar-refractivity contribution in [3.8, 4) is 0 Å². The molecule has 0 unspecified atom stereocenters. The zero-order chi connectivity index (χ0) is 16.9. The first-order valence-corrected chi connectivity index (χ1v) is 8.20. The SMILES string of the molecule is Cn1cc(CN2C[C@@H](F)C[C@H]2CNC(=O)CCn2cccn2)cn1. The van der Waals surface area contributed by atoms with E-state index in [-0.39, 0.29) is 11.9 Å². The summed E-state index contributed by atoms with van der Waals surface area (Å²) in [6, 6.07) is 1.85. The molecule has 2 atom stereocenters. The molecule has 3 heterocycles. The first-order chi connectivity index (χ1) is 11.6. The van der Waals surface area contributed by atoms with Gasteiger partial charge in [0.25, 0.3) is 0 Å². The summed E-state index contributed by atoms with van der Waals surface area (Å²) >= 11 is 0. The van der Waals surface area contributed by atoms with Crippen molar-refractivity contribution in [1.82, 2.24) is 29.8 Å². The molecule has 0 aliphatic carbocycles. The first kappa shape index (κ1) is 16.6. The van der Waals surface area contributed by atoms with Gasteiger partial charge in [0.15, 0.2) is 0 Å². The molecule has 1 aliphatic heterocycles. The van der Waals surface area contributed by atoms with Crippen molar-refractivity contribution in [2.75, 3.05) is 13.1 Å². The van der Waals surface area contributed by atoms with Crippen LogP contribution in [0.4, 0.5) is 4.39 Å².